The van der Waals surface area contributed by atoms with Crippen LogP contribution >= 0.6 is 11.6 Å². The number of sulfone groups is 1. The molecular formula is C26H34ClN7O3S. The summed E-state index contributed by atoms with van der Waals surface area (Å²) in [5.41, 5.74) is 3.23. The summed E-state index contributed by atoms with van der Waals surface area (Å²) in [6.07, 6.45) is 5.07. The minimum absolute atomic E-state index is 0.0641. The summed E-state index contributed by atoms with van der Waals surface area (Å²) in [6.45, 7) is 7.23. The van der Waals surface area contributed by atoms with Crippen molar-refractivity contribution in [3.8, 4) is 5.75 Å². The van der Waals surface area contributed by atoms with Gasteiger partial charge < -0.3 is 25.6 Å². The smallest absolute Gasteiger partial charge is 0.229 e. The summed E-state index contributed by atoms with van der Waals surface area (Å²) in [5.74, 6) is 1.18. The van der Waals surface area contributed by atoms with Crippen LogP contribution in [-0.4, -0.2) is 61.9 Å². The lowest BCUT2D eigenvalue weighted by Crippen LogP contribution is -2.41. The van der Waals surface area contributed by atoms with Crippen LogP contribution in [0.2, 0.25) is 5.02 Å². The van der Waals surface area contributed by atoms with Gasteiger partial charge in [-0.1, -0.05) is 11.6 Å². The molecule has 1 aliphatic heterocycles. The molecule has 38 heavy (non-hydrogen) atoms. The summed E-state index contributed by atoms with van der Waals surface area (Å²) >= 11 is 6.37. The van der Waals surface area contributed by atoms with Gasteiger partial charge in [0.1, 0.15) is 10.8 Å². The molecule has 0 spiro atoms. The lowest BCUT2D eigenvalue weighted by atomic mass is 10.0. The van der Waals surface area contributed by atoms with Crippen molar-refractivity contribution >= 4 is 50.3 Å². The van der Waals surface area contributed by atoms with Crippen LogP contribution in [0.3, 0.4) is 0 Å². The normalized spacial score (nSPS) is 14.6. The number of hydrogen-bond donors (Lipinski definition) is 3. The van der Waals surface area contributed by atoms with Gasteiger partial charge in [0.05, 0.1) is 29.9 Å². The number of aromatic nitrogens is 3. The van der Waals surface area contributed by atoms with Gasteiger partial charge in [0.15, 0.2) is 20.7 Å². The van der Waals surface area contributed by atoms with Gasteiger partial charge in [-0.15, -0.1) is 0 Å². The van der Waals surface area contributed by atoms with E-state index < -0.39 is 15.1 Å². The number of nitrogens with one attached hydrogen (secondary N) is 3. The predicted molar refractivity (Wildman–Crippen MR) is 152 cm³/mol. The van der Waals surface area contributed by atoms with E-state index >= 15 is 0 Å². The summed E-state index contributed by atoms with van der Waals surface area (Å²) in [5, 5.41) is 9.14. The van der Waals surface area contributed by atoms with Crippen molar-refractivity contribution in [2.75, 3.05) is 42.8 Å². The van der Waals surface area contributed by atoms with Crippen LogP contribution in [0.5, 0.6) is 5.75 Å². The van der Waals surface area contributed by atoms with Gasteiger partial charge in [-0.3, -0.25) is 0 Å². The SMILES string of the molecule is CNC1CCN(c2cc(OC)c(Nc3ncc(Cl)c(Nc4cccnc4S(=O)(=O)C(C)C)n3)cc2C)CC1. The van der Waals surface area contributed by atoms with E-state index in [4.69, 9.17) is 16.3 Å². The third-order valence-electron chi connectivity index (χ3n) is 6.67. The molecule has 3 aromatic rings. The van der Waals surface area contributed by atoms with Crippen molar-refractivity contribution in [3.63, 3.8) is 0 Å². The molecule has 1 aliphatic rings. The van der Waals surface area contributed by atoms with Crippen LogP contribution in [0, 0.1) is 6.92 Å². The molecule has 0 aliphatic carbocycles. The zero-order chi connectivity index (χ0) is 27.4. The van der Waals surface area contributed by atoms with Crippen LogP contribution in [0.25, 0.3) is 0 Å². The number of pyridine rings is 1. The van der Waals surface area contributed by atoms with Crippen LogP contribution in [0.15, 0.2) is 41.7 Å². The summed E-state index contributed by atoms with van der Waals surface area (Å²) < 4.78 is 31.3. The maximum Gasteiger partial charge on any atom is 0.229 e. The molecule has 2 aromatic heterocycles. The summed E-state index contributed by atoms with van der Waals surface area (Å²) in [7, 11) is 0.00772. The van der Waals surface area contributed by atoms with E-state index in [-0.39, 0.29) is 27.5 Å². The van der Waals surface area contributed by atoms with Gasteiger partial charge in [0, 0.05) is 37.1 Å². The van der Waals surface area contributed by atoms with Crippen molar-refractivity contribution in [2.24, 2.45) is 0 Å². The van der Waals surface area contributed by atoms with E-state index in [0.717, 1.165) is 37.2 Å². The Bertz CT molecular complexity index is 1390. The Kier molecular flexibility index (Phi) is 8.59. The Balaban J connectivity index is 1.60. The monoisotopic (exact) mass is 559 g/mol. The standard InChI is InChI=1S/C26H34ClN7O3S/c1-16(2)38(35,36)25-20(7-6-10-29-25)31-24-19(27)15-30-26(33-24)32-21-13-17(3)22(14-23(21)37-5)34-11-8-18(28-4)9-12-34/h6-7,10,13-16,18,28H,8-9,11-12H2,1-5H3,(H2,30,31,32,33). The number of benzene rings is 1. The predicted octanol–water partition coefficient (Wildman–Crippen LogP) is 4.70. The zero-order valence-electron chi connectivity index (χ0n) is 22.2. The molecule has 3 N–H and O–H groups in total. The lowest BCUT2D eigenvalue weighted by molar-refractivity contribution is 0.415. The molecule has 1 saturated heterocycles. The summed E-state index contributed by atoms with van der Waals surface area (Å²) in [6, 6.07) is 7.86. The average molecular weight is 560 g/mol. The van der Waals surface area contributed by atoms with E-state index in [1.54, 1.807) is 33.1 Å². The van der Waals surface area contributed by atoms with Gasteiger partial charge in [-0.25, -0.2) is 18.4 Å². The minimum atomic E-state index is -3.63. The Labute approximate surface area is 229 Å². The molecule has 0 radical (unpaired) electrons. The van der Waals surface area contributed by atoms with Gasteiger partial charge in [0.2, 0.25) is 5.95 Å². The molecule has 4 rings (SSSR count). The van der Waals surface area contributed by atoms with Crippen LogP contribution in [0.4, 0.5) is 28.8 Å². The second-order valence-electron chi connectivity index (χ2n) is 9.48. The quantitative estimate of drug-likeness (QED) is 0.340. The number of nitrogens with zero attached hydrogens (tertiary/aromatic N) is 4. The van der Waals surface area contributed by atoms with E-state index in [1.807, 2.05) is 19.2 Å². The van der Waals surface area contributed by atoms with Crippen molar-refractivity contribution < 1.29 is 13.2 Å². The van der Waals surface area contributed by atoms with Crippen molar-refractivity contribution in [1.82, 2.24) is 20.3 Å². The number of rotatable bonds is 9. The highest BCUT2D eigenvalue weighted by Gasteiger charge is 2.25. The van der Waals surface area contributed by atoms with E-state index in [1.165, 1.54) is 12.4 Å². The molecule has 0 atom stereocenters. The molecule has 3 heterocycles. The number of anilines is 5. The van der Waals surface area contributed by atoms with Crippen molar-refractivity contribution in [3.05, 3.63) is 47.2 Å². The van der Waals surface area contributed by atoms with Crippen LogP contribution < -0.4 is 25.6 Å². The van der Waals surface area contributed by atoms with Crippen LogP contribution in [0.1, 0.15) is 32.3 Å². The highest BCUT2D eigenvalue weighted by molar-refractivity contribution is 7.92. The molecule has 12 heteroatoms. The first-order chi connectivity index (χ1) is 18.1. The Morgan fingerprint density at radius 3 is 2.53 bits per heavy atom. The Morgan fingerprint density at radius 1 is 1.13 bits per heavy atom. The molecular weight excluding hydrogens is 526 g/mol. The first-order valence-corrected chi connectivity index (χ1v) is 14.4. The number of piperidine rings is 1. The number of hydrogen-bond acceptors (Lipinski definition) is 10. The molecule has 0 unspecified atom stereocenters. The van der Waals surface area contributed by atoms with Gasteiger partial charge in [-0.2, -0.15) is 4.98 Å². The fourth-order valence-corrected chi connectivity index (χ4v) is 5.61. The molecule has 0 amide bonds. The Hall–Kier alpha value is -3.15. The second-order valence-corrected chi connectivity index (χ2v) is 12.3. The van der Waals surface area contributed by atoms with E-state index in [0.29, 0.717) is 17.5 Å². The largest absolute Gasteiger partial charge is 0.494 e. The molecule has 0 saturated carbocycles. The molecule has 204 valence electrons. The average Bonchev–Trinajstić information content (AvgIpc) is 2.91. The lowest BCUT2D eigenvalue weighted by Gasteiger charge is -2.34. The van der Waals surface area contributed by atoms with E-state index in [9.17, 15) is 8.42 Å². The molecule has 1 fully saturated rings. The van der Waals surface area contributed by atoms with Crippen LogP contribution in [-0.2, 0) is 9.84 Å². The highest BCUT2D eigenvalue weighted by Crippen LogP contribution is 2.36. The maximum absolute atomic E-state index is 12.8. The van der Waals surface area contributed by atoms with Gasteiger partial charge >= 0.3 is 0 Å². The fraction of sp³-hybridized carbons (Fsp3) is 0.423. The van der Waals surface area contributed by atoms with Crippen molar-refractivity contribution in [1.29, 1.82) is 0 Å². The second kappa shape index (κ2) is 11.7. The van der Waals surface area contributed by atoms with Gasteiger partial charge in [0.25, 0.3) is 0 Å². The third kappa shape index (κ3) is 5.95. The molecule has 1 aromatic carbocycles. The Morgan fingerprint density at radius 2 is 1.87 bits per heavy atom. The molecule has 10 nitrogen and oxygen atoms in total. The minimum Gasteiger partial charge on any atom is -0.494 e. The van der Waals surface area contributed by atoms with E-state index in [2.05, 4.69) is 42.7 Å². The zero-order valence-corrected chi connectivity index (χ0v) is 23.8. The topological polar surface area (TPSA) is 121 Å². The maximum atomic E-state index is 12.8. The van der Waals surface area contributed by atoms with Crippen molar-refractivity contribution in [2.45, 2.75) is 49.9 Å². The summed E-state index contributed by atoms with van der Waals surface area (Å²) in [4.78, 5) is 15.3. The van der Waals surface area contributed by atoms with Gasteiger partial charge in [-0.05, 0) is 64.4 Å². The fourth-order valence-electron chi connectivity index (χ4n) is 4.39. The third-order valence-corrected chi connectivity index (χ3v) is 9.05. The number of aryl methyl sites for hydroxylation is 1. The number of halogens is 1. The number of ether oxygens (including phenoxy) is 1. The number of methoxy groups -OCH3 is 1. The first-order valence-electron chi connectivity index (χ1n) is 12.5. The molecule has 0 bridgehead atoms. The highest BCUT2D eigenvalue weighted by atomic mass is 35.5. The first kappa shape index (κ1) is 27.9.